The predicted molar refractivity (Wildman–Crippen MR) is 91.2 cm³/mol. The Bertz CT molecular complexity index is 513. The van der Waals surface area contributed by atoms with E-state index in [1.165, 1.54) is 12.8 Å². The molecule has 1 saturated heterocycles. The predicted octanol–water partition coefficient (Wildman–Crippen LogP) is 2.73. The Morgan fingerprint density at radius 2 is 2.00 bits per heavy atom. The number of nitrogens with zero attached hydrogens (tertiary/aromatic N) is 4. The fraction of sp³-hybridized carbons (Fsp3) is 0.722. The molecule has 5 heteroatoms. The molecule has 2 aliphatic rings. The van der Waals surface area contributed by atoms with Gasteiger partial charge in [0.15, 0.2) is 0 Å². The highest BCUT2D eigenvalue weighted by Gasteiger charge is 2.32. The molecule has 3 rings (SSSR count). The van der Waals surface area contributed by atoms with Gasteiger partial charge >= 0.3 is 0 Å². The topological polar surface area (TPSA) is 49.3 Å². The van der Waals surface area contributed by atoms with Gasteiger partial charge in [0.2, 0.25) is 5.91 Å². The molecular weight excluding hydrogens is 288 g/mol. The van der Waals surface area contributed by atoms with Crippen LogP contribution in [0.1, 0.15) is 45.4 Å². The molecule has 0 aromatic carbocycles. The lowest BCUT2D eigenvalue weighted by molar-refractivity contribution is -0.137. The van der Waals surface area contributed by atoms with Gasteiger partial charge in [-0.1, -0.05) is 6.92 Å². The van der Waals surface area contributed by atoms with E-state index in [1.807, 2.05) is 11.9 Å². The molecule has 23 heavy (non-hydrogen) atoms. The number of anilines is 1. The van der Waals surface area contributed by atoms with Crippen LogP contribution in [-0.2, 0) is 4.79 Å². The lowest BCUT2D eigenvalue weighted by Gasteiger charge is -2.38. The summed E-state index contributed by atoms with van der Waals surface area (Å²) in [4.78, 5) is 25.7. The first-order valence-corrected chi connectivity index (χ1v) is 8.92. The van der Waals surface area contributed by atoms with E-state index in [0.717, 1.165) is 50.5 Å². The average Bonchev–Trinajstić information content (AvgIpc) is 2.62. The van der Waals surface area contributed by atoms with E-state index in [2.05, 4.69) is 21.8 Å². The molecule has 1 amide bonds. The molecule has 1 aliphatic heterocycles. The molecule has 0 bridgehead atoms. The van der Waals surface area contributed by atoms with Crippen LogP contribution >= 0.6 is 0 Å². The van der Waals surface area contributed by atoms with Crippen molar-refractivity contribution in [1.29, 1.82) is 0 Å². The summed E-state index contributed by atoms with van der Waals surface area (Å²) in [7, 11) is 2.00. The minimum absolute atomic E-state index is 0.0927. The van der Waals surface area contributed by atoms with E-state index >= 15 is 0 Å². The van der Waals surface area contributed by atoms with Gasteiger partial charge in [-0.3, -0.25) is 9.78 Å². The van der Waals surface area contributed by atoms with Gasteiger partial charge in [0, 0.05) is 38.6 Å². The second-order valence-corrected chi connectivity index (χ2v) is 7.21. The van der Waals surface area contributed by atoms with Crippen LogP contribution in [0.15, 0.2) is 18.6 Å². The molecular formula is C18H28N4O. The Labute approximate surface area is 139 Å². The molecule has 0 N–H and O–H groups in total. The minimum atomic E-state index is 0.0927. The Morgan fingerprint density at radius 3 is 2.70 bits per heavy atom. The first-order chi connectivity index (χ1) is 11.1. The zero-order chi connectivity index (χ0) is 16.2. The summed E-state index contributed by atoms with van der Waals surface area (Å²) in [5, 5.41) is 0. The number of hydrogen-bond acceptors (Lipinski definition) is 4. The van der Waals surface area contributed by atoms with E-state index in [0.29, 0.717) is 11.9 Å². The molecule has 2 fully saturated rings. The zero-order valence-electron chi connectivity index (χ0n) is 14.3. The van der Waals surface area contributed by atoms with Crippen LogP contribution in [0.2, 0.25) is 0 Å². The number of piperidine rings is 1. The van der Waals surface area contributed by atoms with E-state index in [9.17, 15) is 4.79 Å². The van der Waals surface area contributed by atoms with Crippen molar-refractivity contribution in [2.75, 3.05) is 25.0 Å². The largest absolute Gasteiger partial charge is 0.355 e. The van der Waals surface area contributed by atoms with Gasteiger partial charge in [-0.2, -0.15) is 0 Å². The molecule has 2 heterocycles. The highest BCUT2D eigenvalue weighted by Crippen LogP contribution is 2.29. The SMILES string of the molecule is CC1CCC(N(C)C(=O)C2CCCN(c3cnccn3)C2)CC1. The van der Waals surface area contributed by atoms with Gasteiger partial charge in [0.1, 0.15) is 5.82 Å². The Morgan fingerprint density at radius 1 is 1.22 bits per heavy atom. The first-order valence-electron chi connectivity index (χ1n) is 8.92. The Balaban J connectivity index is 1.60. The third-order valence-corrected chi connectivity index (χ3v) is 5.52. The molecule has 1 saturated carbocycles. The van der Waals surface area contributed by atoms with Gasteiger partial charge in [0.25, 0.3) is 0 Å². The summed E-state index contributed by atoms with van der Waals surface area (Å²) in [5.74, 6) is 2.11. The monoisotopic (exact) mass is 316 g/mol. The molecule has 0 radical (unpaired) electrons. The number of amides is 1. The molecule has 1 aliphatic carbocycles. The standard InChI is InChI=1S/C18H28N4O/c1-14-5-7-16(8-6-14)21(2)18(23)15-4-3-11-22(13-15)17-12-19-9-10-20-17/h9-10,12,14-16H,3-8,11,13H2,1-2H3. The van der Waals surface area contributed by atoms with Crippen molar-refractivity contribution >= 4 is 11.7 Å². The Hall–Kier alpha value is -1.65. The fourth-order valence-electron chi connectivity index (χ4n) is 3.94. The van der Waals surface area contributed by atoms with Crippen molar-refractivity contribution in [1.82, 2.24) is 14.9 Å². The van der Waals surface area contributed by atoms with Gasteiger partial charge in [-0.25, -0.2) is 4.98 Å². The average molecular weight is 316 g/mol. The van der Waals surface area contributed by atoms with Crippen LogP contribution in [-0.4, -0.2) is 47.0 Å². The number of hydrogen-bond donors (Lipinski definition) is 0. The molecule has 1 atom stereocenters. The third kappa shape index (κ3) is 3.82. The van der Waals surface area contributed by atoms with E-state index in [-0.39, 0.29) is 5.92 Å². The van der Waals surface area contributed by atoms with E-state index in [4.69, 9.17) is 0 Å². The van der Waals surface area contributed by atoms with Crippen molar-refractivity contribution in [3.8, 4) is 0 Å². The van der Waals surface area contributed by atoms with Gasteiger partial charge < -0.3 is 9.80 Å². The van der Waals surface area contributed by atoms with Crippen molar-refractivity contribution in [2.45, 2.75) is 51.5 Å². The van der Waals surface area contributed by atoms with Gasteiger partial charge in [0.05, 0.1) is 12.1 Å². The quantitative estimate of drug-likeness (QED) is 0.860. The summed E-state index contributed by atoms with van der Waals surface area (Å²) in [6, 6.07) is 0.436. The van der Waals surface area contributed by atoms with Gasteiger partial charge in [-0.15, -0.1) is 0 Å². The van der Waals surface area contributed by atoms with E-state index in [1.54, 1.807) is 18.6 Å². The smallest absolute Gasteiger partial charge is 0.227 e. The summed E-state index contributed by atoms with van der Waals surface area (Å²) < 4.78 is 0. The third-order valence-electron chi connectivity index (χ3n) is 5.52. The van der Waals surface area contributed by atoms with Crippen molar-refractivity contribution in [3.63, 3.8) is 0 Å². The molecule has 126 valence electrons. The lowest BCUT2D eigenvalue weighted by Crippen LogP contribution is -2.47. The zero-order valence-corrected chi connectivity index (χ0v) is 14.3. The number of aromatic nitrogens is 2. The molecule has 1 aromatic heterocycles. The second kappa shape index (κ2) is 7.28. The molecule has 1 unspecified atom stereocenters. The molecule has 0 spiro atoms. The fourth-order valence-corrected chi connectivity index (χ4v) is 3.94. The highest BCUT2D eigenvalue weighted by atomic mass is 16.2. The summed E-state index contributed by atoms with van der Waals surface area (Å²) in [5.41, 5.74) is 0. The maximum absolute atomic E-state index is 12.9. The van der Waals surface area contributed by atoms with Crippen molar-refractivity contribution < 1.29 is 4.79 Å². The highest BCUT2D eigenvalue weighted by molar-refractivity contribution is 5.79. The van der Waals surface area contributed by atoms with Crippen LogP contribution in [0.25, 0.3) is 0 Å². The van der Waals surface area contributed by atoms with Crippen LogP contribution in [0.4, 0.5) is 5.82 Å². The summed E-state index contributed by atoms with van der Waals surface area (Å²) in [6.45, 7) is 4.05. The minimum Gasteiger partial charge on any atom is -0.355 e. The maximum Gasteiger partial charge on any atom is 0.227 e. The molecule has 1 aromatic rings. The summed E-state index contributed by atoms with van der Waals surface area (Å²) >= 11 is 0. The van der Waals surface area contributed by atoms with Crippen LogP contribution in [0.3, 0.4) is 0 Å². The maximum atomic E-state index is 12.9. The van der Waals surface area contributed by atoms with E-state index < -0.39 is 0 Å². The lowest BCUT2D eigenvalue weighted by atomic mass is 9.86. The number of rotatable bonds is 3. The Kier molecular flexibility index (Phi) is 5.13. The van der Waals surface area contributed by atoms with Gasteiger partial charge in [-0.05, 0) is 44.4 Å². The van der Waals surface area contributed by atoms with Crippen molar-refractivity contribution in [2.24, 2.45) is 11.8 Å². The number of carbonyl (C=O) groups excluding carboxylic acids is 1. The molecule has 5 nitrogen and oxygen atoms in total. The first kappa shape index (κ1) is 16.2. The van der Waals surface area contributed by atoms with Crippen LogP contribution in [0, 0.1) is 11.8 Å². The normalized spacial score (nSPS) is 28.4. The summed E-state index contributed by atoms with van der Waals surface area (Å²) in [6.07, 6.45) is 12.0. The second-order valence-electron chi connectivity index (χ2n) is 7.21. The number of carbonyl (C=O) groups is 1. The van der Waals surface area contributed by atoms with Crippen molar-refractivity contribution in [3.05, 3.63) is 18.6 Å². The van der Waals surface area contributed by atoms with Crippen LogP contribution in [0.5, 0.6) is 0 Å². The van der Waals surface area contributed by atoms with Crippen LogP contribution < -0.4 is 4.90 Å².